The van der Waals surface area contributed by atoms with Crippen LogP contribution in [0.3, 0.4) is 0 Å². The van der Waals surface area contributed by atoms with Gasteiger partial charge in [0.05, 0.1) is 17.0 Å². The number of nitriles is 1. The zero-order valence-electron chi connectivity index (χ0n) is 10.1. The Kier molecular flexibility index (Phi) is 5.63. The van der Waals surface area contributed by atoms with Crippen LogP contribution in [-0.4, -0.2) is 26.5 Å². The Balaban J connectivity index is 2.55. The van der Waals surface area contributed by atoms with Gasteiger partial charge in [-0.1, -0.05) is 22.9 Å². The molecule has 1 aromatic carbocycles. The van der Waals surface area contributed by atoms with E-state index in [1.165, 1.54) is 0 Å². The molecule has 18 heavy (non-hydrogen) atoms. The first-order valence-corrected chi connectivity index (χ1v) is 8.24. The second-order valence-corrected chi connectivity index (χ2v) is 7.21. The molecule has 0 aliphatic heterocycles. The average molecular weight is 331 g/mol. The fraction of sp³-hybridized carbons (Fsp3) is 0.417. The largest absolute Gasteiger partial charge is 0.384 e. The molecule has 1 N–H and O–H groups in total. The number of anilines is 1. The van der Waals surface area contributed by atoms with Gasteiger partial charge in [-0.15, -0.1) is 0 Å². The number of hydrogen-bond acceptors (Lipinski definition) is 4. The molecular formula is C12H15BrN2O2S. The summed E-state index contributed by atoms with van der Waals surface area (Å²) < 4.78 is 23.5. The van der Waals surface area contributed by atoms with Gasteiger partial charge in [0, 0.05) is 16.8 Å². The van der Waals surface area contributed by atoms with Crippen molar-refractivity contribution in [3.05, 3.63) is 28.2 Å². The van der Waals surface area contributed by atoms with Crippen molar-refractivity contribution in [1.29, 1.82) is 5.26 Å². The first-order valence-electron chi connectivity index (χ1n) is 5.62. The Hall–Kier alpha value is -1.06. The molecule has 0 saturated carbocycles. The van der Waals surface area contributed by atoms with Gasteiger partial charge in [-0.2, -0.15) is 5.26 Å². The van der Waals surface area contributed by atoms with E-state index in [2.05, 4.69) is 27.3 Å². The minimum atomic E-state index is -2.91. The number of sulfone groups is 1. The van der Waals surface area contributed by atoms with Crippen molar-refractivity contribution in [3.63, 3.8) is 0 Å². The van der Waals surface area contributed by atoms with Crippen LogP contribution < -0.4 is 5.32 Å². The van der Waals surface area contributed by atoms with E-state index in [1.54, 1.807) is 19.1 Å². The molecule has 0 atom stereocenters. The quantitative estimate of drug-likeness (QED) is 0.814. The summed E-state index contributed by atoms with van der Waals surface area (Å²) in [5, 5.41) is 12.0. The summed E-state index contributed by atoms with van der Waals surface area (Å²) in [6.07, 6.45) is 0.535. The van der Waals surface area contributed by atoms with Crippen LogP contribution in [0.25, 0.3) is 0 Å². The molecule has 0 fully saturated rings. The van der Waals surface area contributed by atoms with Crippen LogP contribution in [0.1, 0.15) is 18.9 Å². The van der Waals surface area contributed by atoms with Crippen LogP contribution in [0.2, 0.25) is 0 Å². The third kappa shape index (κ3) is 4.67. The van der Waals surface area contributed by atoms with Gasteiger partial charge in [0.15, 0.2) is 0 Å². The van der Waals surface area contributed by atoms with Crippen LogP contribution in [0, 0.1) is 11.3 Å². The second-order valence-electron chi connectivity index (χ2n) is 3.82. The zero-order chi connectivity index (χ0) is 13.6. The second kappa shape index (κ2) is 6.76. The lowest BCUT2D eigenvalue weighted by Gasteiger charge is -2.08. The van der Waals surface area contributed by atoms with Gasteiger partial charge in [-0.05, 0) is 24.6 Å². The fourth-order valence-electron chi connectivity index (χ4n) is 1.42. The zero-order valence-corrected chi connectivity index (χ0v) is 12.5. The summed E-state index contributed by atoms with van der Waals surface area (Å²) in [5.74, 6) is 0.347. The topological polar surface area (TPSA) is 70.0 Å². The third-order valence-corrected chi connectivity index (χ3v) is 4.77. The maximum Gasteiger partial charge on any atom is 0.150 e. The highest BCUT2D eigenvalue weighted by Crippen LogP contribution is 2.20. The van der Waals surface area contributed by atoms with Gasteiger partial charge >= 0.3 is 0 Å². The van der Waals surface area contributed by atoms with Crippen LogP contribution in [0.4, 0.5) is 5.69 Å². The lowest BCUT2D eigenvalue weighted by atomic mass is 10.2. The van der Waals surface area contributed by atoms with Crippen LogP contribution >= 0.6 is 15.9 Å². The molecule has 0 spiro atoms. The fourth-order valence-corrected chi connectivity index (χ4v) is 2.65. The maximum absolute atomic E-state index is 11.3. The molecule has 0 aliphatic rings. The van der Waals surface area contributed by atoms with Crippen molar-refractivity contribution in [2.75, 3.05) is 23.4 Å². The molecule has 0 saturated heterocycles. The summed E-state index contributed by atoms with van der Waals surface area (Å²) in [7, 11) is -2.91. The van der Waals surface area contributed by atoms with Crippen molar-refractivity contribution in [3.8, 4) is 6.07 Å². The normalized spacial score (nSPS) is 10.9. The van der Waals surface area contributed by atoms with E-state index in [0.29, 0.717) is 18.5 Å². The van der Waals surface area contributed by atoms with Crippen molar-refractivity contribution >= 4 is 31.5 Å². The third-order valence-electron chi connectivity index (χ3n) is 2.49. The highest BCUT2D eigenvalue weighted by Gasteiger charge is 2.07. The average Bonchev–Trinajstić information content (AvgIpc) is 2.35. The summed E-state index contributed by atoms with van der Waals surface area (Å²) >= 11 is 3.33. The van der Waals surface area contributed by atoms with Gasteiger partial charge < -0.3 is 5.32 Å². The van der Waals surface area contributed by atoms with E-state index < -0.39 is 9.84 Å². The van der Waals surface area contributed by atoms with E-state index in [-0.39, 0.29) is 11.5 Å². The van der Waals surface area contributed by atoms with Crippen molar-refractivity contribution in [2.24, 2.45) is 0 Å². The molecular weight excluding hydrogens is 316 g/mol. The van der Waals surface area contributed by atoms with Crippen LogP contribution in [0.15, 0.2) is 22.7 Å². The van der Waals surface area contributed by atoms with Gasteiger partial charge in [0.1, 0.15) is 15.9 Å². The number of halogens is 1. The molecule has 1 aromatic rings. The first-order chi connectivity index (χ1) is 8.48. The maximum atomic E-state index is 11.3. The molecule has 0 aromatic heterocycles. The number of nitrogens with one attached hydrogen (secondary N) is 1. The number of rotatable bonds is 6. The monoisotopic (exact) mass is 330 g/mol. The van der Waals surface area contributed by atoms with Crippen LogP contribution in [-0.2, 0) is 9.84 Å². The predicted octanol–water partition coefficient (Wildman–Crippen LogP) is 2.56. The van der Waals surface area contributed by atoms with E-state index in [0.717, 1.165) is 10.2 Å². The molecule has 0 bridgehead atoms. The molecule has 6 heteroatoms. The van der Waals surface area contributed by atoms with E-state index in [1.807, 2.05) is 6.07 Å². The Morgan fingerprint density at radius 1 is 1.44 bits per heavy atom. The highest BCUT2D eigenvalue weighted by molar-refractivity contribution is 9.10. The number of benzene rings is 1. The summed E-state index contributed by atoms with van der Waals surface area (Å²) in [6.45, 7) is 2.18. The van der Waals surface area contributed by atoms with Crippen molar-refractivity contribution in [1.82, 2.24) is 0 Å². The van der Waals surface area contributed by atoms with Crippen LogP contribution in [0.5, 0.6) is 0 Å². The molecule has 0 amide bonds. The molecule has 98 valence electrons. The Morgan fingerprint density at radius 3 is 2.78 bits per heavy atom. The van der Waals surface area contributed by atoms with Gasteiger partial charge in [0.2, 0.25) is 0 Å². The number of hydrogen-bond donors (Lipinski definition) is 1. The van der Waals surface area contributed by atoms with Crippen molar-refractivity contribution < 1.29 is 8.42 Å². The first kappa shape index (κ1) is 15.0. The van der Waals surface area contributed by atoms with Crippen molar-refractivity contribution in [2.45, 2.75) is 13.3 Å². The molecule has 0 aliphatic carbocycles. The summed E-state index contributed by atoms with van der Waals surface area (Å²) in [4.78, 5) is 0. The van der Waals surface area contributed by atoms with Gasteiger partial charge in [0.25, 0.3) is 0 Å². The molecule has 0 radical (unpaired) electrons. The Labute approximate surface area is 116 Å². The van der Waals surface area contributed by atoms with Gasteiger partial charge in [-0.25, -0.2) is 8.42 Å². The SMILES string of the molecule is CCS(=O)(=O)CCCNc1cc(Br)ccc1C#N. The molecule has 4 nitrogen and oxygen atoms in total. The summed E-state index contributed by atoms with van der Waals surface area (Å²) in [6, 6.07) is 7.42. The van der Waals surface area contributed by atoms with E-state index in [4.69, 9.17) is 5.26 Å². The minimum Gasteiger partial charge on any atom is -0.384 e. The Bertz CT molecular complexity index is 550. The standard InChI is InChI=1S/C12H15BrN2O2S/c1-2-18(16,17)7-3-6-15-12-8-11(13)5-4-10(12)9-14/h4-5,8,15H,2-3,6-7H2,1H3. The smallest absolute Gasteiger partial charge is 0.150 e. The lowest BCUT2D eigenvalue weighted by molar-refractivity contribution is 0.595. The molecule has 0 unspecified atom stereocenters. The van der Waals surface area contributed by atoms with E-state index >= 15 is 0 Å². The van der Waals surface area contributed by atoms with E-state index in [9.17, 15) is 8.42 Å². The predicted molar refractivity (Wildman–Crippen MR) is 76.3 cm³/mol. The Morgan fingerprint density at radius 2 is 2.17 bits per heavy atom. The number of nitrogens with zero attached hydrogens (tertiary/aromatic N) is 1. The molecule has 0 heterocycles. The lowest BCUT2D eigenvalue weighted by Crippen LogP contribution is -2.13. The summed E-state index contributed by atoms with van der Waals surface area (Å²) in [5.41, 5.74) is 1.28. The van der Waals surface area contributed by atoms with Gasteiger partial charge in [-0.3, -0.25) is 0 Å². The minimum absolute atomic E-state index is 0.173. The highest BCUT2D eigenvalue weighted by atomic mass is 79.9. The molecule has 1 rings (SSSR count).